The molecule has 14 atom stereocenters. The third-order valence-corrected chi connectivity index (χ3v) is 13.7. The van der Waals surface area contributed by atoms with Crippen LogP contribution in [0.1, 0.15) is 80.0 Å². The third-order valence-electron chi connectivity index (χ3n) is 13.7. The Morgan fingerprint density at radius 2 is 1.68 bits per heavy atom. The number of aliphatic hydroxyl groups excluding tert-OH is 1. The number of carbonyl (C=O) groups excluding carboxylic acids is 4. The number of amides is 1. The van der Waals surface area contributed by atoms with E-state index in [1.165, 1.54) is 14.0 Å². The molecule has 60 heavy (non-hydrogen) atoms. The number of aromatic nitrogens is 3. The maximum Gasteiger partial charge on any atom is 0.410 e. The second kappa shape index (κ2) is 17.8. The lowest BCUT2D eigenvalue weighted by Gasteiger charge is -2.46. The summed E-state index contributed by atoms with van der Waals surface area (Å²) in [6.45, 7) is 15.2. The lowest BCUT2D eigenvalue weighted by atomic mass is 9.75. The molecule has 2 unspecified atom stereocenters. The lowest BCUT2D eigenvalue weighted by Crippen LogP contribution is -2.59. The van der Waals surface area contributed by atoms with Crippen molar-refractivity contribution in [3.05, 3.63) is 30.4 Å². The van der Waals surface area contributed by atoms with Gasteiger partial charge < -0.3 is 47.9 Å². The maximum atomic E-state index is 14.7. The number of esters is 1. The van der Waals surface area contributed by atoms with Crippen molar-refractivity contribution >= 4 is 23.6 Å². The summed E-state index contributed by atoms with van der Waals surface area (Å²) in [4.78, 5) is 69.3. The molecule has 2 aromatic rings. The normalized spacial score (nSPS) is 37.6. The average molecular weight is 840 g/mol. The van der Waals surface area contributed by atoms with Gasteiger partial charge in [-0.15, -0.1) is 0 Å². The number of methoxy groups -OCH3 is 2. The molecule has 0 aromatic carbocycles. The molecular weight excluding hydrogens is 775 g/mol. The number of aliphatic hydroxyl groups is 1. The van der Waals surface area contributed by atoms with Crippen LogP contribution in [0.15, 0.2) is 24.5 Å². The molecule has 4 aliphatic rings. The molecular formula is C44H65N5O11. The number of Topliss-reactive ketones (excluding diaryl/α,β-unsaturated/α-hetero) is 2. The number of carbonyl (C=O) groups is 4. The molecule has 4 fully saturated rings. The Morgan fingerprint density at radius 3 is 2.32 bits per heavy atom. The summed E-state index contributed by atoms with van der Waals surface area (Å²) in [7, 11) is 6.81. The van der Waals surface area contributed by atoms with E-state index in [-0.39, 0.29) is 24.3 Å². The van der Waals surface area contributed by atoms with Crippen molar-refractivity contribution in [1.29, 1.82) is 0 Å². The van der Waals surface area contributed by atoms with E-state index < -0.39 is 89.3 Å². The van der Waals surface area contributed by atoms with Crippen LogP contribution in [0.5, 0.6) is 5.88 Å². The Bertz CT molecular complexity index is 1890. The Labute approximate surface area is 353 Å². The summed E-state index contributed by atoms with van der Waals surface area (Å²) >= 11 is 0. The molecule has 1 aliphatic carbocycles. The minimum absolute atomic E-state index is 0.135. The van der Waals surface area contributed by atoms with Gasteiger partial charge in [0.25, 0.3) is 0 Å². The molecule has 3 aliphatic heterocycles. The van der Waals surface area contributed by atoms with Gasteiger partial charge in [0.1, 0.15) is 23.6 Å². The van der Waals surface area contributed by atoms with Crippen molar-refractivity contribution in [3.8, 4) is 17.1 Å². The third kappa shape index (κ3) is 8.46. The molecule has 5 heterocycles. The SMILES string of the molecule is COc1ccc(-c2cn(CCCCN3C(=O)O[C@]45C(C)[C@H]4OC(=O)[C@H](C)C(=O)[C@H](C)[C@@H](OC4O[C@H](C)C[C@H](N(C)C)[C@H]4O)[C@@](C)(OC)C[C@@H](C)C(=O)[C@H](C)[C@@H]35)c(C)n2)cn1. The number of imidazole rings is 1. The molecule has 16 heteroatoms. The highest BCUT2D eigenvalue weighted by Crippen LogP contribution is 2.59. The van der Waals surface area contributed by atoms with Gasteiger partial charge in [0, 0.05) is 73.9 Å². The zero-order chi connectivity index (χ0) is 44.0. The molecule has 1 N–H and O–H groups in total. The van der Waals surface area contributed by atoms with E-state index in [1.807, 2.05) is 65.9 Å². The summed E-state index contributed by atoms with van der Waals surface area (Å²) in [6, 6.07) is 2.68. The van der Waals surface area contributed by atoms with Crippen LogP contribution in [-0.2, 0) is 44.6 Å². The lowest BCUT2D eigenvalue weighted by molar-refractivity contribution is -0.295. The van der Waals surface area contributed by atoms with Gasteiger partial charge in [-0.2, -0.15) is 0 Å². The number of unbranched alkanes of at least 4 members (excludes halogenated alkanes) is 1. The maximum absolute atomic E-state index is 14.7. The molecule has 3 saturated heterocycles. The van der Waals surface area contributed by atoms with Crippen LogP contribution in [0.25, 0.3) is 11.3 Å². The van der Waals surface area contributed by atoms with E-state index in [9.17, 15) is 24.3 Å². The van der Waals surface area contributed by atoms with Crippen molar-refractivity contribution in [2.75, 3.05) is 34.9 Å². The van der Waals surface area contributed by atoms with Gasteiger partial charge >= 0.3 is 12.1 Å². The van der Waals surface area contributed by atoms with Gasteiger partial charge in [0.15, 0.2) is 23.8 Å². The number of ether oxygens (including phenoxy) is 6. The van der Waals surface area contributed by atoms with Gasteiger partial charge in [-0.05, 0) is 73.5 Å². The number of ketones is 2. The predicted octanol–water partition coefficient (Wildman–Crippen LogP) is 4.47. The largest absolute Gasteiger partial charge is 0.481 e. The second-order valence-corrected chi connectivity index (χ2v) is 18.0. The molecule has 1 saturated carbocycles. The number of aryl methyl sites for hydroxylation is 2. The highest BCUT2D eigenvalue weighted by atomic mass is 16.7. The van der Waals surface area contributed by atoms with Crippen molar-refractivity contribution in [3.63, 3.8) is 0 Å². The number of pyridine rings is 1. The summed E-state index contributed by atoms with van der Waals surface area (Å²) in [5, 5.41) is 11.4. The van der Waals surface area contributed by atoms with Crippen molar-refractivity contribution < 1.29 is 52.7 Å². The Kier molecular flexibility index (Phi) is 13.5. The topological polar surface area (TPSA) is 181 Å². The van der Waals surface area contributed by atoms with E-state index in [1.54, 1.807) is 38.1 Å². The second-order valence-electron chi connectivity index (χ2n) is 18.0. The predicted molar refractivity (Wildman–Crippen MR) is 219 cm³/mol. The first-order valence-corrected chi connectivity index (χ1v) is 21.3. The Hall–Kier alpha value is -3.96. The zero-order valence-electron chi connectivity index (χ0n) is 37.2. The van der Waals surface area contributed by atoms with E-state index in [4.69, 9.17) is 33.4 Å². The monoisotopic (exact) mass is 839 g/mol. The summed E-state index contributed by atoms with van der Waals surface area (Å²) in [6.07, 6.45) is 0.810. The summed E-state index contributed by atoms with van der Waals surface area (Å²) in [5.41, 5.74) is -0.867. The van der Waals surface area contributed by atoms with Gasteiger partial charge in [-0.3, -0.25) is 14.4 Å². The fraction of sp³-hybridized carbons (Fsp3) is 0.727. The highest BCUT2D eigenvalue weighted by Gasteiger charge is 2.78. The first-order chi connectivity index (χ1) is 28.3. The molecule has 0 bridgehead atoms. The molecule has 1 spiro atoms. The fourth-order valence-corrected chi connectivity index (χ4v) is 10.0. The molecule has 16 nitrogen and oxygen atoms in total. The molecule has 0 radical (unpaired) electrons. The van der Waals surface area contributed by atoms with Crippen molar-refractivity contribution in [2.24, 2.45) is 29.6 Å². The number of likely N-dealkylation sites (N-methyl/N-ethyl adjacent to an activating group) is 1. The van der Waals surface area contributed by atoms with Crippen LogP contribution >= 0.6 is 0 Å². The highest BCUT2D eigenvalue weighted by molar-refractivity contribution is 6.00. The number of nitrogens with zero attached hydrogens (tertiary/aromatic N) is 5. The first-order valence-electron chi connectivity index (χ1n) is 21.3. The van der Waals surface area contributed by atoms with Crippen LogP contribution in [0.3, 0.4) is 0 Å². The van der Waals surface area contributed by atoms with E-state index >= 15 is 0 Å². The Morgan fingerprint density at radius 1 is 0.983 bits per heavy atom. The molecule has 1 amide bonds. The summed E-state index contributed by atoms with van der Waals surface area (Å²) in [5.74, 6) is -3.92. The van der Waals surface area contributed by atoms with E-state index in [0.29, 0.717) is 38.2 Å². The fourth-order valence-electron chi connectivity index (χ4n) is 10.0. The number of hydrogen-bond acceptors (Lipinski definition) is 14. The standard InChI is InChI=1S/C44H65N5O11/c1-23-20-43(8,56-12)38(59-41-36(52)32(47(9)10)19-24(2)57-41)26(4)35(51)27(5)40(53)58-39-28(6)44(39)37(25(3)34(23)50)49(42(54)60-44)18-14-13-17-48-22-31(46-29(48)7)30-15-16-33(55-11)45-21-30/h15-16,21-28,32,36-39,41,52H,13-14,17-20H2,1-12H3/t23-,24-,25+,26+,27-,28?,32+,36-,37-,38-,39-,41?,43+,44+/m1/s1. The van der Waals surface area contributed by atoms with E-state index in [2.05, 4.69) is 9.55 Å². The van der Waals surface area contributed by atoms with Crippen LogP contribution in [0.2, 0.25) is 0 Å². The quantitative estimate of drug-likeness (QED) is 0.190. The smallest absolute Gasteiger partial charge is 0.410 e. The van der Waals surface area contributed by atoms with Gasteiger partial charge in [0.2, 0.25) is 5.88 Å². The summed E-state index contributed by atoms with van der Waals surface area (Å²) < 4.78 is 38.4. The number of hydrogen-bond donors (Lipinski definition) is 1. The number of rotatable bonds is 11. The molecule has 332 valence electrons. The molecule has 2 aromatic heterocycles. The van der Waals surface area contributed by atoms with Gasteiger partial charge in [0.05, 0.1) is 36.7 Å². The molecule has 6 rings (SSSR count). The van der Waals surface area contributed by atoms with Crippen LogP contribution in [-0.4, -0.2) is 142 Å². The minimum atomic E-state index is -1.26. The average Bonchev–Trinajstić information content (AvgIpc) is 3.44. The first kappa shape index (κ1) is 45.6. The van der Waals surface area contributed by atoms with Crippen molar-refractivity contribution in [1.82, 2.24) is 24.3 Å². The van der Waals surface area contributed by atoms with Gasteiger partial charge in [-0.25, -0.2) is 14.8 Å². The van der Waals surface area contributed by atoms with E-state index in [0.717, 1.165) is 17.1 Å². The van der Waals surface area contributed by atoms with Crippen molar-refractivity contribution in [2.45, 2.75) is 142 Å². The zero-order valence-corrected chi connectivity index (χ0v) is 37.2. The van der Waals surface area contributed by atoms with Crippen LogP contribution in [0.4, 0.5) is 4.79 Å². The van der Waals surface area contributed by atoms with Gasteiger partial charge in [-0.1, -0.05) is 27.7 Å². The minimum Gasteiger partial charge on any atom is -0.481 e. The Balaban J connectivity index is 1.24. The van der Waals surface area contributed by atoms with Crippen LogP contribution in [0, 0.1) is 36.5 Å². The van der Waals surface area contributed by atoms with Crippen LogP contribution < -0.4 is 4.74 Å².